The van der Waals surface area contributed by atoms with Crippen molar-refractivity contribution in [3.8, 4) is 0 Å². The smallest absolute Gasteiger partial charge is 0.368 e. The van der Waals surface area contributed by atoms with Gasteiger partial charge in [0.15, 0.2) is 0 Å². The van der Waals surface area contributed by atoms with Crippen LogP contribution in [0.3, 0.4) is 0 Å². The van der Waals surface area contributed by atoms with E-state index in [1.165, 1.54) is 17.0 Å². The number of hydrogen-bond acceptors (Lipinski definition) is 4. The van der Waals surface area contributed by atoms with Gasteiger partial charge in [-0.1, -0.05) is 12.1 Å². The van der Waals surface area contributed by atoms with Crippen molar-refractivity contribution in [2.75, 3.05) is 13.2 Å². The molecule has 0 aromatic heterocycles. The van der Waals surface area contributed by atoms with Crippen LogP contribution in [-0.2, 0) is 19.1 Å². The van der Waals surface area contributed by atoms with E-state index in [4.69, 9.17) is 4.74 Å². The van der Waals surface area contributed by atoms with Gasteiger partial charge in [-0.15, -0.1) is 0 Å². The van der Waals surface area contributed by atoms with Gasteiger partial charge in [0.05, 0.1) is 6.61 Å². The topological polar surface area (TPSA) is 80.3 Å². The third-order valence-electron chi connectivity index (χ3n) is 5.29. The normalized spacial score (nSPS) is 31.4. The fourth-order valence-corrected chi connectivity index (χ4v) is 4.11. The number of likely N-dealkylation sites (tertiary alicyclic amines) is 1. The highest BCUT2D eigenvalue weighted by Crippen LogP contribution is 2.44. The number of hydrogen-bond donors (Lipinski definition) is 1. The number of benzene rings is 1. The van der Waals surface area contributed by atoms with E-state index in [2.05, 4.69) is 0 Å². The van der Waals surface area contributed by atoms with Gasteiger partial charge < -0.3 is 10.1 Å². The van der Waals surface area contributed by atoms with Crippen molar-refractivity contribution in [3.05, 3.63) is 35.6 Å². The average Bonchev–Trinajstić information content (AvgIpc) is 3.03. The second-order valence-electron chi connectivity index (χ2n) is 6.67. The lowest BCUT2D eigenvalue weighted by Crippen LogP contribution is -2.97. The fraction of sp³-hybridized carbons (Fsp3) is 0.500. The fourth-order valence-electron chi connectivity index (χ4n) is 4.11. The van der Waals surface area contributed by atoms with E-state index >= 15 is 0 Å². The van der Waals surface area contributed by atoms with Crippen LogP contribution in [0, 0.1) is 17.7 Å². The molecule has 2 fully saturated rings. The number of imide groups is 1. The van der Waals surface area contributed by atoms with E-state index in [0.29, 0.717) is 5.56 Å². The zero-order valence-corrected chi connectivity index (χ0v) is 14.5. The molecule has 25 heavy (non-hydrogen) atoms. The quantitative estimate of drug-likeness (QED) is 0.630. The molecule has 134 valence electrons. The molecule has 2 saturated heterocycles. The van der Waals surface area contributed by atoms with Gasteiger partial charge in [0, 0.05) is 19.0 Å². The summed E-state index contributed by atoms with van der Waals surface area (Å²) in [6.07, 6.45) is 0. The van der Waals surface area contributed by atoms with Crippen molar-refractivity contribution >= 4 is 17.8 Å². The SMILES string of the molecule is CCOC(=O)[C@]1(C)[NH2+][C@H](c2ccc(F)cc2)[C@H]2C(=O)N(CC)C(=O)[C@@H]21. The van der Waals surface area contributed by atoms with E-state index in [0.717, 1.165) is 0 Å². The predicted molar refractivity (Wildman–Crippen MR) is 85.5 cm³/mol. The number of nitrogens with zero attached hydrogens (tertiary/aromatic N) is 1. The number of halogens is 1. The maximum atomic E-state index is 13.3. The highest BCUT2D eigenvalue weighted by molar-refractivity contribution is 6.08. The third-order valence-corrected chi connectivity index (χ3v) is 5.29. The van der Waals surface area contributed by atoms with Crippen molar-refractivity contribution in [1.82, 2.24) is 4.90 Å². The predicted octanol–water partition coefficient (Wildman–Crippen LogP) is 0.387. The number of amides is 2. The number of esters is 1. The molecular formula is C18H22FN2O4+. The minimum atomic E-state index is -1.18. The molecule has 0 radical (unpaired) electrons. The summed E-state index contributed by atoms with van der Waals surface area (Å²) in [6, 6.07) is 5.38. The molecule has 0 unspecified atom stereocenters. The summed E-state index contributed by atoms with van der Waals surface area (Å²) in [7, 11) is 0. The monoisotopic (exact) mass is 349 g/mol. The Morgan fingerprint density at radius 3 is 2.44 bits per heavy atom. The Balaban J connectivity index is 2.07. The first-order chi connectivity index (χ1) is 11.8. The Labute approximate surface area is 145 Å². The third kappa shape index (κ3) is 2.54. The highest BCUT2D eigenvalue weighted by Gasteiger charge is 2.70. The molecule has 7 heteroatoms. The maximum absolute atomic E-state index is 13.3. The summed E-state index contributed by atoms with van der Waals surface area (Å²) < 4.78 is 18.4. The van der Waals surface area contributed by atoms with Gasteiger partial charge in [0.25, 0.3) is 0 Å². The lowest BCUT2D eigenvalue weighted by molar-refractivity contribution is -0.731. The molecule has 3 rings (SSSR count). The molecule has 2 heterocycles. The molecule has 2 aliphatic rings. The number of quaternary nitrogens is 1. The lowest BCUT2D eigenvalue weighted by Gasteiger charge is -2.25. The summed E-state index contributed by atoms with van der Waals surface area (Å²) >= 11 is 0. The van der Waals surface area contributed by atoms with Crippen LogP contribution in [0.4, 0.5) is 4.39 Å². The zero-order chi connectivity index (χ0) is 18.4. The second kappa shape index (κ2) is 6.22. The lowest BCUT2D eigenvalue weighted by atomic mass is 9.80. The van der Waals surface area contributed by atoms with E-state index in [-0.39, 0.29) is 30.8 Å². The summed E-state index contributed by atoms with van der Waals surface area (Å²) in [5.41, 5.74) is -0.473. The van der Waals surface area contributed by atoms with Crippen molar-refractivity contribution in [2.45, 2.75) is 32.4 Å². The van der Waals surface area contributed by atoms with Crippen molar-refractivity contribution < 1.29 is 28.8 Å². The van der Waals surface area contributed by atoms with Crippen LogP contribution in [-0.4, -0.2) is 41.4 Å². The van der Waals surface area contributed by atoms with Gasteiger partial charge in [0.2, 0.25) is 17.4 Å². The first kappa shape index (κ1) is 17.5. The van der Waals surface area contributed by atoms with Crippen molar-refractivity contribution in [1.29, 1.82) is 0 Å². The van der Waals surface area contributed by atoms with Crippen molar-refractivity contribution in [2.24, 2.45) is 11.8 Å². The number of carbonyl (C=O) groups is 3. The summed E-state index contributed by atoms with van der Waals surface area (Å²) in [5.74, 6) is -2.95. The molecule has 6 nitrogen and oxygen atoms in total. The van der Waals surface area contributed by atoms with E-state index in [1.807, 2.05) is 0 Å². The van der Waals surface area contributed by atoms with Gasteiger partial charge in [-0.3, -0.25) is 14.5 Å². The highest BCUT2D eigenvalue weighted by atomic mass is 19.1. The Bertz CT molecular complexity index is 720. The summed E-state index contributed by atoms with van der Waals surface area (Å²) in [5, 5.41) is 1.73. The summed E-state index contributed by atoms with van der Waals surface area (Å²) in [4.78, 5) is 39.4. The number of carbonyl (C=O) groups excluding carboxylic acids is 3. The first-order valence-corrected chi connectivity index (χ1v) is 8.49. The Morgan fingerprint density at radius 1 is 1.24 bits per heavy atom. The van der Waals surface area contributed by atoms with E-state index in [9.17, 15) is 18.8 Å². The van der Waals surface area contributed by atoms with Crippen LogP contribution in [0.1, 0.15) is 32.4 Å². The van der Waals surface area contributed by atoms with E-state index < -0.39 is 29.4 Å². The van der Waals surface area contributed by atoms with Crippen LogP contribution in [0.25, 0.3) is 0 Å². The molecule has 2 N–H and O–H groups in total. The maximum Gasteiger partial charge on any atom is 0.368 e. The standard InChI is InChI=1S/C18H21FN2O4/c1-4-21-15(22)12-13(16(21)23)18(3,17(24)25-5-2)20-14(12)10-6-8-11(19)9-7-10/h6-9,12-14,20H,4-5H2,1-3H3/p+1/t12-,13+,14+,18+/m0/s1. The molecule has 0 bridgehead atoms. The van der Waals surface area contributed by atoms with Crippen LogP contribution in [0.15, 0.2) is 24.3 Å². The van der Waals surface area contributed by atoms with Crippen molar-refractivity contribution in [3.63, 3.8) is 0 Å². The van der Waals surface area contributed by atoms with Gasteiger partial charge in [-0.2, -0.15) is 0 Å². The first-order valence-electron chi connectivity index (χ1n) is 8.49. The molecule has 2 amide bonds. The summed E-state index contributed by atoms with van der Waals surface area (Å²) in [6.45, 7) is 5.54. The molecule has 4 atom stereocenters. The van der Waals surface area contributed by atoms with Crippen LogP contribution in [0.5, 0.6) is 0 Å². The van der Waals surface area contributed by atoms with E-state index in [1.54, 1.807) is 38.2 Å². The Kier molecular flexibility index (Phi) is 4.36. The Hall–Kier alpha value is -2.28. The minimum absolute atomic E-state index is 0.195. The van der Waals surface area contributed by atoms with Gasteiger partial charge in [0.1, 0.15) is 23.7 Å². The molecule has 1 aromatic rings. The molecule has 2 aliphatic heterocycles. The van der Waals surface area contributed by atoms with Gasteiger partial charge in [-0.05, 0) is 26.0 Å². The molecule has 0 aliphatic carbocycles. The number of nitrogens with two attached hydrogens (primary N) is 1. The molecule has 0 spiro atoms. The van der Waals surface area contributed by atoms with Gasteiger partial charge in [-0.25, -0.2) is 9.18 Å². The Morgan fingerprint density at radius 2 is 1.88 bits per heavy atom. The largest absolute Gasteiger partial charge is 0.461 e. The van der Waals surface area contributed by atoms with Gasteiger partial charge >= 0.3 is 5.97 Å². The number of ether oxygens (including phenoxy) is 1. The minimum Gasteiger partial charge on any atom is -0.461 e. The van der Waals surface area contributed by atoms with Crippen LogP contribution < -0.4 is 5.32 Å². The molecular weight excluding hydrogens is 327 g/mol. The van der Waals surface area contributed by atoms with Crippen LogP contribution in [0.2, 0.25) is 0 Å². The zero-order valence-electron chi connectivity index (χ0n) is 14.5. The average molecular weight is 349 g/mol. The number of rotatable bonds is 4. The molecule has 1 aromatic carbocycles. The molecule has 0 saturated carbocycles. The number of fused-ring (bicyclic) bond motifs is 1. The second-order valence-corrected chi connectivity index (χ2v) is 6.67. The van der Waals surface area contributed by atoms with Crippen LogP contribution >= 0.6 is 0 Å².